The van der Waals surface area contributed by atoms with Crippen molar-refractivity contribution < 1.29 is 9.66 Å². The van der Waals surface area contributed by atoms with Crippen LogP contribution >= 0.6 is 0 Å². The Kier molecular flexibility index (Phi) is 5.35. The summed E-state index contributed by atoms with van der Waals surface area (Å²) in [5.74, 6) is 0.894. The van der Waals surface area contributed by atoms with Gasteiger partial charge in [-0.1, -0.05) is 0 Å². The molecule has 3 N–H and O–H groups in total. The van der Waals surface area contributed by atoms with Crippen LogP contribution in [0.1, 0.15) is 13.8 Å². The first-order valence-electron chi connectivity index (χ1n) is 7.49. The molecule has 1 aromatic carbocycles. The van der Waals surface area contributed by atoms with Crippen LogP contribution in [0.25, 0.3) is 0 Å². The minimum atomic E-state index is -0.595. The molecule has 0 aliphatic carbocycles. The smallest absolute Gasteiger partial charge is 0.353 e. The molecule has 0 fully saturated rings. The Hall–Kier alpha value is -3.10. The van der Waals surface area contributed by atoms with Crippen molar-refractivity contribution >= 4 is 29.0 Å². The standard InChI is InChI=1S/C15H20N6O3/c1-4-20(3)15-18-13(16)12(21(22)23)14(19-15)17-10-6-8-11(9-7-10)24-5-2/h6-9H,4-5H2,1-3H3,(H3,16,17,18,19). The third-order valence-electron chi connectivity index (χ3n) is 3.33. The summed E-state index contributed by atoms with van der Waals surface area (Å²) in [6, 6.07) is 7.02. The lowest BCUT2D eigenvalue weighted by Crippen LogP contribution is -2.20. The summed E-state index contributed by atoms with van der Waals surface area (Å²) >= 11 is 0. The second-order valence-electron chi connectivity index (χ2n) is 4.96. The Morgan fingerprint density at radius 3 is 2.50 bits per heavy atom. The van der Waals surface area contributed by atoms with E-state index in [1.165, 1.54) is 0 Å². The average molecular weight is 332 g/mol. The highest BCUT2D eigenvalue weighted by atomic mass is 16.6. The highest BCUT2D eigenvalue weighted by Gasteiger charge is 2.24. The van der Waals surface area contributed by atoms with Crippen molar-refractivity contribution in [1.29, 1.82) is 0 Å². The molecule has 0 saturated heterocycles. The van der Waals surface area contributed by atoms with E-state index < -0.39 is 4.92 Å². The molecule has 24 heavy (non-hydrogen) atoms. The molecule has 2 aromatic rings. The number of nitro groups is 1. The number of hydrogen-bond donors (Lipinski definition) is 2. The summed E-state index contributed by atoms with van der Waals surface area (Å²) in [5, 5.41) is 14.2. The molecule has 0 atom stereocenters. The summed E-state index contributed by atoms with van der Waals surface area (Å²) in [6.45, 7) is 5.01. The van der Waals surface area contributed by atoms with Gasteiger partial charge in [0.1, 0.15) is 5.75 Å². The molecule has 0 aliphatic heterocycles. The van der Waals surface area contributed by atoms with Crippen molar-refractivity contribution in [2.75, 3.05) is 36.1 Å². The van der Waals surface area contributed by atoms with E-state index in [2.05, 4.69) is 15.3 Å². The molecule has 0 bridgehead atoms. The van der Waals surface area contributed by atoms with Gasteiger partial charge in [-0.05, 0) is 38.1 Å². The number of rotatable bonds is 7. The second kappa shape index (κ2) is 7.44. The molecule has 0 unspecified atom stereocenters. The van der Waals surface area contributed by atoms with Crippen LogP contribution in [0.2, 0.25) is 0 Å². The molecule has 0 radical (unpaired) electrons. The number of hydrogen-bond acceptors (Lipinski definition) is 8. The Balaban J connectivity index is 2.39. The van der Waals surface area contributed by atoms with Gasteiger partial charge in [-0.3, -0.25) is 10.1 Å². The Bertz CT molecular complexity index is 720. The number of ether oxygens (including phenoxy) is 1. The van der Waals surface area contributed by atoms with Crippen molar-refractivity contribution in [3.8, 4) is 5.75 Å². The maximum Gasteiger partial charge on any atom is 0.353 e. The van der Waals surface area contributed by atoms with Gasteiger partial charge in [-0.2, -0.15) is 9.97 Å². The number of nitrogens with two attached hydrogens (primary N) is 1. The van der Waals surface area contributed by atoms with E-state index >= 15 is 0 Å². The van der Waals surface area contributed by atoms with Crippen LogP contribution in [0.3, 0.4) is 0 Å². The van der Waals surface area contributed by atoms with Crippen molar-refractivity contribution in [2.45, 2.75) is 13.8 Å². The van der Waals surface area contributed by atoms with Gasteiger partial charge in [0.05, 0.1) is 11.5 Å². The maximum atomic E-state index is 11.3. The number of anilines is 4. The number of nitrogens with zero attached hydrogens (tertiary/aromatic N) is 4. The monoisotopic (exact) mass is 332 g/mol. The second-order valence-corrected chi connectivity index (χ2v) is 4.96. The molecule has 0 amide bonds. The number of benzene rings is 1. The quantitative estimate of drug-likeness (QED) is 0.586. The van der Waals surface area contributed by atoms with Crippen LogP contribution in [0.5, 0.6) is 5.75 Å². The van der Waals surface area contributed by atoms with Crippen molar-refractivity contribution in [2.24, 2.45) is 0 Å². The van der Waals surface area contributed by atoms with E-state index in [1.54, 1.807) is 36.2 Å². The van der Waals surface area contributed by atoms with Gasteiger partial charge in [-0.25, -0.2) is 0 Å². The van der Waals surface area contributed by atoms with E-state index in [4.69, 9.17) is 10.5 Å². The SMILES string of the molecule is CCOc1ccc(Nc2nc(N(C)CC)nc(N)c2[N+](=O)[O-])cc1. The van der Waals surface area contributed by atoms with Crippen LogP contribution in [0.4, 0.5) is 29.0 Å². The van der Waals surface area contributed by atoms with E-state index in [0.717, 1.165) is 0 Å². The maximum absolute atomic E-state index is 11.3. The lowest BCUT2D eigenvalue weighted by atomic mass is 10.3. The van der Waals surface area contributed by atoms with Gasteiger partial charge in [0.2, 0.25) is 17.6 Å². The van der Waals surface area contributed by atoms with E-state index in [0.29, 0.717) is 30.5 Å². The number of aromatic nitrogens is 2. The predicted octanol–water partition coefficient (Wildman–Crippen LogP) is 2.57. The first-order chi connectivity index (χ1) is 11.5. The molecule has 9 heteroatoms. The molecule has 0 spiro atoms. The van der Waals surface area contributed by atoms with E-state index in [1.807, 2.05) is 13.8 Å². The zero-order valence-electron chi connectivity index (χ0n) is 13.8. The summed E-state index contributed by atoms with van der Waals surface area (Å²) in [5.41, 5.74) is 6.03. The minimum Gasteiger partial charge on any atom is -0.494 e. The molecule has 2 rings (SSSR count). The fraction of sp³-hybridized carbons (Fsp3) is 0.333. The van der Waals surface area contributed by atoms with E-state index in [9.17, 15) is 10.1 Å². The van der Waals surface area contributed by atoms with Crippen molar-refractivity contribution in [3.05, 3.63) is 34.4 Å². The van der Waals surface area contributed by atoms with Gasteiger partial charge in [0, 0.05) is 19.3 Å². The summed E-state index contributed by atoms with van der Waals surface area (Å²) in [4.78, 5) is 20.7. The molecular weight excluding hydrogens is 312 g/mol. The van der Waals surface area contributed by atoms with Crippen LogP contribution in [0.15, 0.2) is 24.3 Å². The van der Waals surface area contributed by atoms with Crippen LogP contribution < -0.4 is 20.7 Å². The topological polar surface area (TPSA) is 119 Å². The van der Waals surface area contributed by atoms with Gasteiger partial charge < -0.3 is 20.7 Å². The average Bonchev–Trinajstić information content (AvgIpc) is 2.55. The van der Waals surface area contributed by atoms with Gasteiger partial charge in [0.25, 0.3) is 0 Å². The Morgan fingerprint density at radius 2 is 1.96 bits per heavy atom. The highest BCUT2D eigenvalue weighted by molar-refractivity contribution is 5.74. The molecule has 1 aromatic heterocycles. The van der Waals surface area contributed by atoms with Crippen LogP contribution in [-0.2, 0) is 0 Å². The summed E-state index contributed by atoms with van der Waals surface area (Å²) < 4.78 is 5.37. The van der Waals surface area contributed by atoms with Crippen LogP contribution in [0, 0.1) is 10.1 Å². The molecule has 1 heterocycles. The number of nitrogens with one attached hydrogen (secondary N) is 1. The van der Waals surface area contributed by atoms with Gasteiger partial charge >= 0.3 is 5.69 Å². The Labute approximate surface area is 139 Å². The Morgan fingerprint density at radius 1 is 1.29 bits per heavy atom. The zero-order valence-corrected chi connectivity index (χ0v) is 13.8. The van der Waals surface area contributed by atoms with Crippen LogP contribution in [-0.4, -0.2) is 35.1 Å². The highest BCUT2D eigenvalue weighted by Crippen LogP contribution is 2.32. The number of nitrogen functional groups attached to an aromatic ring is 1. The lowest BCUT2D eigenvalue weighted by molar-refractivity contribution is -0.383. The fourth-order valence-electron chi connectivity index (χ4n) is 1.98. The molecule has 9 nitrogen and oxygen atoms in total. The van der Waals surface area contributed by atoms with Gasteiger partial charge in [-0.15, -0.1) is 0 Å². The molecule has 0 aliphatic rings. The largest absolute Gasteiger partial charge is 0.494 e. The summed E-state index contributed by atoms with van der Waals surface area (Å²) in [6.07, 6.45) is 0. The van der Waals surface area contributed by atoms with Gasteiger partial charge in [0.15, 0.2) is 0 Å². The third-order valence-corrected chi connectivity index (χ3v) is 3.33. The third kappa shape index (κ3) is 3.80. The van der Waals surface area contributed by atoms with Crippen molar-refractivity contribution in [3.63, 3.8) is 0 Å². The lowest BCUT2D eigenvalue weighted by Gasteiger charge is -2.16. The molecular formula is C15H20N6O3. The first kappa shape index (κ1) is 17.3. The fourth-order valence-corrected chi connectivity index (χ4v) is 1.98. The summed E-state index contributed by atoms with van der Waals surface area (Å²) in [7, 11) is 1.78. The normalized spacial score (nSPS) is 10.3. The van der Waals surface area contributed by atoms with E-state index in [-0.39, 0.29) is 17.3 Å². The molecule has 0 saturated carbocycles. The van der Waals surface area contributed by atoms with Crippen molar-refractivity contribution in [1.82, 2.24) is 9.97 Å². The predicted molar refractivity (Wildman–Crippen MR) is 92.9 cm³/mol. The minimum absolute atomic E-state index is 0.0481. The molecule has 128 valence electrons. The first-order valence-corrected chi connectivity index (χ1v) is 7.49. The zero-order chi connectivity index (χ0) is 17.7.